The van der Waals surface area contributed by atoms with Gasteiger partial charge in [-0.05, 0) is 91.0 Å². The summed E-state index contributed by atoms with van der Waals surface area (Å²) in [5.74, 6) is 2.34. The Morgan fingerprint density at radius 2 is 1.38 bits per heavy atom. The second-order valence-corrected chi connectivity index (χ2v) is 10.1. The number of amides is 1. The van der Waals surface area contributed by atoms with Crippen LogP contribution in [-0.2, 0) is 13.0 Å². The van der Waals surface area contributed by atoms with E-state index in [1.54, 1.807) is 0 Å². The van der Waals surface area contributed by atoms with Crippen molar-refractivity contribution in [1.82, 2.24) is 10.2 Å². The van der Waals surface area contributed by atoms with Crippen molar-refractivity contribution in [3.8, 4) is 11.5 Å². The number of halogens is 1. The molecule has 1 N–H and O–H groups in total. The molecule has 2 unspecified atom stereocenters. The van der Waals surface area contributed by atoms with Gasteiger partial charge >= 0.3 is 0 Å². The van der Waals surface area contributed by atoms with E-state index in [1.807, 2.05) is 83.8 Å². The molecule has 1 aliphatic heterocycles. The van der Waals surface area contributed by atoms with E-state index < -0.39 is 0 Å². The van der Waals surface area contributed by atoms with Crippen LogP contribution in [0, 0.1) is 11.8 Å². The molecule has 0 spiro atoms. The molecule has 0 saturated carbocycles. The molecule has 1 amide bonds. The largest absolute Gasteiger partial charge is 0.457 e. The second-order valence-electron chi connectivity index (χ2n) is 9.62. The highest BCUT2D eigenvalue weighted by atomic mass is 35.5. The first-order chi connectivity index (χ1) is 18.1. The standard InChI is InChI=1S/C32H31ClN2O2/c33-29-15-11-25(12-16-29)22-35(23-28-21-34-20-27(28)19-24-7-3-1-4-8-24)32(36)26-13-17-31(18-14-26)37-30-9-5-2-6-10-30/h1-18,27-28,34H,19-23H2. The Morgan fingerprint density at radius 1 is 0.757 bits per heavy atom. The first kappa shape index (κ1) is 25.1. The summed E-state index contributed by atoms with van der Waals surface area (Å²) in [6.45, 7) is 3.10. The van der Waals surface area contributed by atoms with Crippen LogP contribution in [0.25, 0.3) is 0 Å². The summed E-state index contributed by atoms with van der Waals surface area (Å²) < 4.78 is 5.91. The molecule has 2 atom stereocenters. The lowest BCUT2D eigenvalue weighted by atomic mass is 9.89. The van der Waals surface area contributed by atoms with Crippen LogP contribution in [0.3, 0.4) is 0 Å². The van der Waals surface area contributed by atoms with Gasteiger partial charge in [0.1, 0.15) is 11.5 Å². The third kappa shape index (κ3) is 6.79. The lowest BCUT2D eigenvalue weighted by Gasteiger charge is -2.29. The number of ether oxygens (including phenoxy) is 1. The zero-order chi connectivity index (χ0) is 25.5. The van der Waals surface area contributed by atoms with Gasteiger partial charge in [0.25, 0.3) is 5.91 Å². The number of para-hydroxylation sites is 1. The van der Waals surface area contributed by atoms with Crippen molar-refractivity contribution in [2.45, 2.75) is 13.0 Å². The van der Waals surface area contributed by atoms with Gasteiger partial charge < -0.3 is 15.0 Å². The minimum absolute atomic E-state index is 0.0200. The SMILES string of the molecule is O=C(c1ccc(Oc2ccccc2)cc1)N(Cc1ccc(Cl)cc1)CC1CNCC1Cc1ccccc1. The summed E-state index contributed by atoms with van der Waals surface area (Å²) in [5, 5.41) is 4.25. The molecule has 1 fully saturated rings. The lowest BCUT2D eigenvalue weighted by molar-refractivity contribution is 0.0705. The maximum atomic E-state index is 13.8. The van der Waals surface area contributed by atoms with E-state index in [-0.39, 0.29) is 5.91 Å². The van der Waals surface area contributed by atoms with Crippen molar-refractivity contribution in [1.29, 1.82) is 0 Å². The van der Waals surface area contributed by atoms with Crippen LogP contribution >= 0.6 is 11.6 Å². The summed E-state index contributed by atoms with van der Waals surface area (Å²) in [4.78, 5) is 15.8. The van der Waals surface area contributed by atoms with Crippen LogP contribution in [0.2, 0.25) is 5.02 Å². The zero-order valence-electron chi connectivity index (χ0n) is 20.7. The van der Waals surface area contributed by atoms with Crippen molar-refractivity contribution >= 4 is 17.5 Å². The van der Waals surface area contributed by atoms with Crippen molar-refractivity contribution in [2.24, 2.45) is 11.8 Å². The van der Waals surface area contributed by atoms with E-state index in [1.165, 1.54) is 5.56 Å². The number of carbonyl (C=O) groups excluding carboxylic acids is 1. The first-order valence-corrected chi connectivity index (χ1v) is 13.1. The van der Waals surface area contributed by atoms with Crippen LogP contribution in [0.15, 0.2) is 109 Å². The molecule has 1 saturated heterocycles. The molecular formula is C32H31ClN2O2. The van der Waals surface area contributed by atoms with Gasteiger partial charge in [-0.2, -0.15) is 0 Å². The van der Waals surface area contributed by atoms with Gasteiger partial charge in [0, 0.05) is 23.7 Å². The highest BCUT2D eigenvalue weighted by molar-refractivity contribution is 6.30. The van der Waals surface area contributed by atoms with E-state index in [9.17, 15) is 4.79 Å². The molecule has 1 aliphatic rings. The average molecular weight is 511 g/mol. The van der Waals surface area contributed by atoms with Crippen molar-refractivity contribution < 1.29 is 9.53 Å². The molecule has 188 valence electrons. The van der Waals surface area contributed by atoms with Gasteiger partial charge in [-0.3, -0.25) is 4.79 Å². The van der Waals surface area contributed by atoms with Crippen molar-refractivity contribution in [2.75, 3.05) is 19.6 Å². The van der Waals surface area contributed by atoms with Gasteiger partial charge in [-0.15, -0.1) is 0 Å². The van der Waals surface area contributed by atoms with Crippen molar-refractivity contribution in [3.05, 3.63) is 131 Å². The van der Waals surface area contributed by atoms with Crippen molar-refractivity contribution in [3.63, 3.8) is 0 Å². The van der Waals surface area contributed by atoms with E-state index in [4.69, 9.17) is 16.3 Å². The summed E-state index contributed by atoms with van der Waals surface area (Å²) in [7, 11) is 0. The minimum Gasteiger partial charge on any atom is -0.457 e. The highest BCUT2D eigenvalue weighted by Gasteiger charge is 2.30. The highest BCUT2D eigenvalue weighted by Crippen LogP contribution is 2.26. The maximum Gasteiger partial charge on any atom is 0.254 e. The van der Waals surface area contributed by atoms with Crippen LogP contribution < -0.4 is 10.1 Å². The molecule has 0 aromatic heterocycles. The first-order valence-electron chi connectivity index (χ1n) is 12.8. The molecule has 37 heavy (non-hydrogen) atoms. The molecule has 4 aromatic rings. The summed E-state index contributed by atoms with van der Waals surface area (Å²) in [6, 6.07) is 35.4. The molecule has 4 nitrogen and oxygen atoms in total. The Morgan fingerprint density at radius 3 is 2.08 bits per heavy atom. The Hall–Kier alpha value is -3.60. The third-order valence-electron chi connectivity index (χ3n) is 6.93. The predicted molar refractivity (Wildman–Crippen MR) is 149 cm³/mol. The lowest BCUT2D eigenvalue weighted by Crippen LogP contribution is -2.37. The molecule has 0 bridgehead atoms. The normalized spacial score (nSPS) is 16.9. The Labute approximate surface area is 223 Å². The Bertz CT molecular complexity index is 1280. The van der Waals surface area contributed by atoms with Crippen LogP contribution in [0.5, 0.6) is 11.5 Å². The van der Waals surface area contributed by atoms with Gasteiger partial charge in [-0.25, -0.2) is 0 Å². The van der Waals surface area contributed by atoms with Crippen LogP contribution in [-0.4, -0.2) is 30.4 Å². The fourth-order valence-electron chi connectivity index (χ4n) is 4.94. The van der Waals surface area contributed by atoms with E-state index in [0.29, 0.717) is 41.3 Å². The molecular weight excluding hydrogens is 480 g/mol. The number of hydrogen-bond acceptors (Lipinski definition) is 3. The van der Waals surface area contributed by atoms with Gasteiger partial charge in [0.2, 0.25) is 0 Å². The number of rotatable bonds is 9. The fraction of sp³-hybridized carbons (Fsp3) is 0.219. The third-order valence-corrected chi connectivity index (χ3v) is 7.18. The molecule has 5 rings (SSSR count). The number of hydrogen-bond donors (Lipinski definition) is 1. The average Bonchev–Trinajstić information content (AvgIpc) is 3.37. The van der Waals surface area contributed by atoms with E-state index in [0.717, 1.165) is 30.8 Å². The summed E-state index contributed by atoms with van der Waals surface area (Å²) in [6.07, 6.45) is 1.01. The van der Waals surface area contributed by atoms with Gasteiger partial charge in [-0.1, -0.05) is 72.3 Å². The quantitative estimate of drug-likeness (QED) is 0.267. The van der Waals surface area contributed by atoms with Gasteiger partial charge in [0.05, 0.1) is 0 Å². The fourth-order valence-corrected chi connectivity index (χ4v) is 5.07. The number of carbonyl (C=O) groups is 1. The molecule has 0 aliphatic carbocycles. The smallest absolute Gasteiger partial charge is 0.254 e. The second kappa shape index (κ2) is 12.1. The van der Waals surface area contributed by atoms with Crippen LogP contribution in [0.1, 0.15) is 21.5 Å². The molecule has 4 aromatic carbocycles. The zero-order valence-corrected chi connectivity index (χ0v) is 21.5. The number of benzene rings is 4. The van der Waals surface area contributed by atoms with E-state index in [2.05, 4.69) is 35.6 Å². The molecule has 0 radical (unpaired) electrons. The monoisotopic (exact) mass is 510 g/mol. The molecule has 1 heterocycles. The number of nitrogens with one attached hydrogen (secondary N) is 1. The predicted octanol–water partition coefficient (Wildman–Crippen LogP) is 6.85. The van der Waals surface area contributed by atoms with Crippen LogP contribution in [0.4, 0.5) is 0 Å². The van der Waals surface area contributed by atoms with Gasteiger partial charge in [0.15, 0.2) is 0 Å². The minimum atomic E-state index is 0.0200. The Kier molecular flexibility index (Phi) is 8.19. The summed E-state index contributed by atoms with van der Waals surface area (Å²) >= 11 is 6.11. The molecule has 5 heteroatoms. The topological polar surface area (TPSA) is 41.6 Å². The maximum absolute atomic E-state index is 13.8. The Balaban J connectivity index is 1.33. The summed E-state index contributed by atoms with van der Waals surface area (Å²) in [5.41, 5.74) is 3.05. The van der Waals surface area contributed by atoms with E-state index >= 15 is 0 Å². The number of nitrogens with zero attached hydrogens (tertiary/aromatic N) is 1.